The standard InChI is InChI=1S/C8H8OS.C5H5.2CO.Fe/c1-6(9)7-2-4-8(10)5-3-7;1-2-4-5-3-1;2*1-2;/h2-5,10H,1H3;1-5H;;;/q;-1;;;+2/p-1. The summed E-state index contributed by atoms with van der Waals surface area (Å²) in [5.41, 5.74) is 0.716. The second-order valence-corrected chi connectivity index (χ2v) is 3.51. The number of benzene rings is 1. The zero-order valence-corrected chi connectivity index (χ0v) is 12.6. The second-order valence-electron chi connectivity index (χ2n) is 3.04. The van der Waals surface area contributed by atoms with Crippen molar-refractivity contribution in [1.29, 1.82) is 0 Å². The molecule has 0 radical (unpaired) electrons. The molecule has 0 fully saturated rings. The summed E-state index contributed by atoms with van der Waals surface area (Å²) in [5, 5.41) is 0. The largest absolute Gasteiger partial charge is 2.00 e. The molecule has 104 valence electrons. The molecule has 0 aromatic heterocycles. The van der Waals surface area contributed by atoms with Gasteiger partial charge in [-0.05, 0) is 6.92 Å². The molecular formula is C15H12FeO3S. The Morgan fingerprint density at radius 3 is 1.70 bits per heavy atom. The molecule has 2 aromatic carbocycles. The first-order chi connectivity index (χ1) is 9.20. The van der Waals surface area contributed by atoms with Gasteiger partial charge >= 0.3 is 39.7 Å². The summed E-state index contributed by atoms with van der Waals surface area (Å²) in [6.07, 6.45) is 0. The van der Waals surface area contributed by atoms with Crippen molar-refractivity contribution in [2.45, 2.75) is 11.8 Å². The summed E-state index contributed by atoms with van der Waals surface area (Å²) >= 11 is 4.85. The maximum Gasteiger partial charge on any atom is 2.00 e. The van der Waals surface area contributed by atoms with Crippen molar-refractivity contribution in [2.24, 2.45) is 0 Å². The van der Waals surface area contributed by atoms with Crippen molar-refractivity contribution < 1.29 is 31.2 Å². The van der Waals surface area contributed by atoms with Gasteiger partial charge in [-0.2, -0.15) is 23.1 Å². The van der Waals surface area contributed by atoms with Gasteiger partial charge in [-0.3, -0.25) is 4.79 Å². The fraction of sp³-hybridized carbons (Fsp3) is 0.0667. The van der Waals surface area contributed by atoms with Gasteiger partial charge in [0.1, 0.15) is 0 Å². The van der Waals surface area contributed by atoms with Gasteiger partial charge in [0.05, 0.1) is 0 Å². The second kappa shape index (κ2) is 17.5. The van der Waals surface area contributed by atoms with Crippen LogP contribution in [0.1, 0.15) is 17.3 Å². The van der Waals surface area contributed by atoms with Crippen molar-refractivity contribution in [2.75, 3.05) is 0 Å². The van der Waals surface area contributed by atoms with Gasteiger partial charge in [0.2, 0.25) is 0 Å². The van der Waals surface area contributed by atoms with Gasteiger partial charge in [0, 0.05) is 5.56 Å². The first-order valence-electron chi connectivity index (χ1n) is 5.05. The van der Waals surface area contributed by atoms with Crippen LogP contribution in [-0.2, 0) is 39.0 Å². The van der Waals surface area contributed by atoms with Gasteiger partial charge in [-0.25, -0.2) is 12.1 Å². The molecule has 0 amide bonds. The molecule has 2 rings (SSSR count). The minimum Gasteiger partial charge on any atom is -0.214 e. The number of carbonyl (C=O) groups excluding carboxylic acids is 1. The smallest absolute Gasteiger partial charge is 0.214 e. The summed E-state index contributed by atoms with van der Waals surface area (Å²) in [7, 11) is 0. The van der Waals surface area contributed by atoms with E-state index in [2.05, 4.69) is 13.3 Å². The van der Waals surface area contributed by atoms with Crippen LogP contribution in [0.15, 0.2) is 59.5 Å². The average molecular weight is 328 g/mol. The normalized spacial score (nSPS) is 6.85. The number of Topliss-reactive ketones (excluding diaryl/α,β-unsaturated/α-hetero) is 1. The van der Waals surface area contributed by atoms with Gasteiger partial charge in [0.15, 0.2) is 5.78 Å². The molecule has 20 heavy (non-hydrogen) atoms. The van der Waals surface area contributed by atoms with E-state index in [-0.39, 0.29) is 22.9 Å². The van der Waals surface area contributed by atoms with Gasteiger partial charge in [-0.1, -0.05) is 24.3 Å². The van der Waals surface area contributed by atoms with E-state index in [4.69, 9.17) is 21.9 Å². The molecule has 0 aliphatic heterocycles. The Morgan fingerprint density at radius 2 is 1.45 bits per heavy atom. The Labute approximate surface area is 135 Å². The molecule has 0 aliphatic carbocycles. The predicted octanol–water partition coefficient (Wildman–Crippen LogP) is 3.12. The monoisotopic (exact) mass is 328 g/mol. The van der Waals surface area contributed by atoms with Crippen molar-refractivity contribution in [3.8, 4) is 0 Å². The fourth-order valence-corrected chi connectivity index (χ4v) is 1.15. The van der Waals surface area contributed by atoms with Crippen LogP contribution in [0.25, 0.3) is 0 Å². The van der Waals surface area contributed by atoms with E-state index in [0.29, 0.717) is 5.56 Å². The zero-order chi connectivity index (χ0) is 15.1. The van der Waals surface area contributed by atoms with Crippen LogP contribution in [-0.4, -0.2) is 5.78 Å². The number of hydrogen-bond donors (Lipinski definition) is 0. The minimum absolute atomic E-state index is 0. The molecule has 0 atom stereocenters. The van der Waals surface area contributed by atoms with E-state index in [1.807, 2.05) is 30.3 Å². The molecule has 0 heterocycles. The summed E-state index contributed by atoms with van der Waals surface area (Å²) in [5.74, 6) is 0.0787. The minimum atomic E-state index is 0. The predicted molar refractivity (Wildman–Crippen MR) is 72.0 cm³/mol. The number of rotatable bonds is 1. The van der Waals surface area contributed by atoms with E-state index >= 15 is 0 Å². The maximum atomic E-state index is 10.7. The number of carbonyl (C=O) groups is 1. The van der Waals surface area contributed by atoms with E-state index in [9.17, 15) is 4.79 Å². The molecule has 2 aromatic rings. The molecule has 0 spiro atoms. The Bertz CT molecular complexity index is 450. The molecule has 5 heteroatoms. The number of hydrogen-bond acceptors (Lipinski definition) is 2. The van der Waals surface area contributed by atoms with Gasteiger partial charge in [0.25, 0.3) is 0 Å². The maximum absolute atomic E-state index is 10.7. The Morgan fingerprint density at radius 1 is 1.05 bits per heavy atom. The third-order valence-corrected chi connectivity index (χ3v) is 2.09. The van der Waals surface area contributed by atoms with Crippen molar-refractivity contribution in [3.63, 3.8) is 0 Å². The molecule has 0 N–H and O–H groups in total. The Balaban J connectivity index is -0.000000246. The summed E-state index contributed by atoms with van der Waals surface area (Å²) in [6.45, 7) is 10.5. The SMILES string of the molecule is CC(=O)c1ccc([S-])cc1.[C-]#[O+].[C-]#[O+].[Fe+2].c1cc[cH-]c1. The van der Waals surface area contributed by atoms with Crippen molar-refractivity contribution >= 4 is 18.4 Å². The topological polar surface area (TPSA) is 56.9 Å². The van der Waals surface area contributed by atoms with Crippen LogP contribution < -0.4 is 0 Å². The number of ketones is 1. The Hall–Kier alpha value is -1.54. The van der Waals surface area contributed by atoms with Crippen LogP contribution in [0.4, 0.5) is 0 Å². The first kappa shape index (κ1) is 23.5. The third kappa shape index (κ3) is 12.9. The molecule has 0 bridgehead atoms. The van der Waals surface area contributed by atoms with E-state index in [1.165, 1.54) is 0 Å². The Kier molecular flexibility index (Phi) is 20.6. The molecule has 3 nitrogen and oxygen atoms in total. The molecule has 0 unspecified atom stereocenters. The third-order valence-electron chi connectivity index (χ3n) is 1.82. The van der Waals surface area contributed by atoms with Gasteiger partial charge in [-0.15, -0.1) is 0 Å². The zero-order valence-electron chi connectivity index (χ0n) is 10.7. The summed E-state index contributed by atoms with van der Waals surface area (Å²) < 4.78 is 15.0. The van der Waals surface area contributed by atoms with E-state index in [0.717, 1.165) is 4.90 Å². The van der Waals surface area contributed by atoms with Crippen LogP contribution in [0.2, 0.25) is 0 Å². The molecule has 0 aliphatic rings. The van der Waals surface area contributed by atoms with Crippen LogP contribution in [0.3, 0.4) is 0 Å². The van der Waals surface area contributed by atoms with Crippen molar-refractivity contribution in [3.05, 3.63) is 73.5 Å². The van der Waals surface area contributed by atoms with Crippen molar-refractivity contribution in [1.82, 2.24) is 0 Å². The molecule has 0 saturated carbocycles. The average Bonchev–Trinajstić information content (AvgIpc) is 3.03. The summed E-state index contributed by atoms with van der Waals surface area (Å²) in [6, 6.07) is 17.0. The first-order valence-corrected chi connectivity index (χ1v) is 5.46. The van der Waals surface area contributed by atoms with Crippen LogP contribution in [0.5, 0.6) is 0 Å². The van der Waals surface area contributed by atoms with E-state index in [1.54, 1.807) is 31.2 Å². The quantitative estimate of drug-likeness (QED) is 0.265. The summed E-state index contributed by atoms with van der Waals surface area (Å²) in [4.78, 5) is 11.5. The molecular weight excluding hydrogens is 316 g/mol. The van der Waals surface area contributed by atoms with E-state index < -0.39 is 0 Å². The fourth-order valence-electron chi connectivity index (χ4n) is 1.01. The van der Waals surface area contributed by atoms with Crippen LogP contribution >= 0.6 is 0 Å². The molecule has 0 saturated heterocycles. The van der Waals surface area contributed by atoms with Gasteiger partial charge < -0.3 is 12.6 Å². The van der Waals surface area contributed by atoms with Crippen LogP contribution in [0, 0.1) is 13.3 Å².